The molecular weight excluding hydrogens is 662 g/mol. The molecule has 4 aromatic rings. The molecule has 4 heterocycles. The van der Waals surface area contributed by atoms with Crippen LogP contribution in [0.5, 0.6) is 0 Å². The Kier molecular flexibility index (Phi) is 9.96. The molecule has 1 atom stereocenters. The lowest BCUT2D eigenvalue weighted by Crippen LogP contribution is -2.41. The van der Waals surface area contributed by atoms with E-state index in [2.05, 4.69) is 41.2 Å². The van der Waals surface area contributed by atoms with Gasteiger partial charge in [-0.1, -0.05) is 35.6 Å². The molecule has 2 aromatic carbocycles. The molecule has 3 N–H and O–H groups in total. The molecule has 2 aliphatic rings. The van der Waals surface area contributed by atoms with E-state index < -0.39 is 12.0 Å². The van der Waals surface area contributed by atoms with Gasteiger partial charge in [-0.25, -0.2) is 4.79 Å². The highest BCUT2D eigenvalue weighted by atomic mass is 35.5. The molecular formula is C36H36ClN7O4S. The quantitative estimate of drug-likeness (QED) is 0.209. The summed E-state index contributed by atoms with van der Waals surface area (Å²) in [5.74, 6) is 5.94. The number of likely N-dealkylation sites (tertiary alicyclic amines) is 1. The predicted molar refractivity (Wildman–Crippen MR) is 190 cm³/mol. The Hall–Kier alpha value is -4.83. The lowest BCUT2D eigenvalue weighted by atomic mass is 9.95. The zero-order valence-corrected chi connectivity index (χ0v) is 29.2. The van der Waals surface area contributed by atoms with Gasteiger partial charge in [-0.15, -0.1) is 21.5 Å². The van der Waals surface area contributed by atoms with Gasteiger partial charge in [0.1, 0.15) is 16.9 Å². The van der Waals surface area contributed by atoms with Crippen LogP contribution in [0, 0.1) is 38.5 Å². The third kappa shape index (κ3) is 6.87. The van der Waals surface area contributed by atoms with E-state index in [9.17, 15) is 14.4 Å². The lowest BCUT2D eigenvalue weighted by molar-refractivity contribution is -0.134. The maximum absolute atomic E-state index is 13.8. The number of amides is 2. The third-order valence-electron chi connectivity index (χ3n) is 8.96. The summed E-state index contributed by atoms with van der Waals surface area (Å²) in [5, 5.41) is 13.5. The van der Waals surface area contributed by atoms with Crippen LogP contribution in [-0.4, -0.2) is 69.9 Å². The molecule has 49 heavy (non-hydrogen) atoms. The van der Waals surface area contributed by atoms with Crippen LogP contribution >= 0.6 is 22.9 Å². The van der Waals surface area contributed by atoms with Gasteiger partial charge < -0.3 is 20.7 Å². The van der Waals surface area contributed by atoms with Crippen molar-refractivity contribution in [1.29, 1.82) is 0 Å². The molecule has 2 aromatic heterocycles. The average Bonchev–Trinajstić information content (AvgIpc) is 3.58. The standard InChI is InChI=1S/C36H36ClN7O4S/c1-20-21(2)49-35-31(20)32(23-7-9-26(37)10-8-23)40-29(33-42-41-22(3)44(33)35)19-30(45)43-16-13-24(14-17-43)34(46)39-27-11-12-28(36(47)48-4)25(18-27)6-5-15-38/h7-12,18,24,29H,13-17,19,38H2,1-4H3,(H,39,46)/t29-/m0/s1. The first kappa shape index (κ1) is 34.0. The number of rotatable bonds is 6. The second-order valence-corrected chi connectivity index (χ2v) is 13.7. The number of carbonyl (C=O) groups is 3. The number of benzene rings is 2. The van der Waals surface area contributed by atoms with Crippen molar-refractivity contribution in [1.82, 2.24) is 19.7 Å². The largest absolute Gasteiger partial charge is 0.465 e. The van der Waals surface area contributed by atoms with Gasteiger partial charge in [-0.2, -0.15) is 0 Å². The molecule has 13 heteroatoms. The second kappa shape index (κ2) is 14.3. The average molecular weight is 698 g/mol. The Bertz CT molecular complexity index is 2030. The monoisotopic (exact) mass is 697 g/mol. The number of fused-ring (bicyclic) bond motifs is 3. The topological polar surface area (TPSA) is 145 Å². The summed E-state index contributed by atoms with van der Waals surface area (Å²) in [6.07, 6.45) is 1.12. The van der Waals surface area contributed by atoms with Crippen LogP contribution < -0.4 is 11.1 Å². The number of anilines is 1. The number of hydrogen-bond donors (Lipinski definition) is 2. The van der Waals surface area contributed by atoms with Crippen molar-refractivity contribution in [3.8, 4) is 16.8 Å². The number of thiophene rings is 1. The van der Waals surface area contributed by atoms with Gasteiger partial charge in [-0.3, -0.25) is 19.1 Å². The maximum atomic E-state index is 13.8. The van der Waals surface area contributed by atoms with E-state index in [0.29, 0.717) is 53.6 Å². The van der Waals surface area contributed by atoms with Crippen LogP contribution in [0.2, 0.25) is 5.02 Å². The number of methoxy groups -OCH3 is 1. The fourth-order valence-electron chi connectivity index (χ4n) is 6.22. The van der Waals surface area contributed by atoms with Gasteiger partial charge in [0.05, 0.1) is 31.4 Å². The molecule has 0 bridgehead atoms. The Morgan fingerprint density at radius 3 is 2.51 bits per heavy atom. The number of nitrogens with zero attached hydrogens (tertiary/aromatic N) is 5. The van der Waals surface area contributed by atoms with Crippen molar-refractivity contribution in [2.45, 2.75) is 46.1 Å². The number of piperidine rings is 1. The molecule has 2 amide bonds. The lowest BCUT2D eigenvalue weighted by Gasteiger charge is -2.32. The molecule has 0 radical (unpaired) electrons. The highest BCUT2D eigenvalue weighted by molar-refractivity contribution is 7.15. The minimum atomic E-state index is -0.566. The van der Waals surface area contributed by atoms with Crippen molar-refractivity contribution in [3.05, 3.63) is 91.8 Å². The summed E-state index contributed by atoms with van der Waals surface area (Å²) >= 11 is 7.90. The molecule has 11 nitrogen and oxygen atoms in total. The number of esters is 1. The van der Waals surface area contributed by atoms with Gasteiger partial charge in [0, 0.05) is 51.3 Å². The molecule has 2 aliphatic heterocycles. The first-order valence-corrected chi connectivity index (χ1v) is 17.1. The number of aromatic nitrogens is 3. The van der Waals surface area contributed by atoms with E-state index in [4.69, 9.17) is 27.1 Å². The number of nitrogens with two attached hydrogens (primary N) is 1. The number of ether oxygens (including phenoxy) is 1. The Labute approximate surface area is 293 Å². The van der Waals surface area contributed by atoms with Crippen molar-refractivity contribution >= 4 is 52.1 Å². The third-order valence-corrected chi connectivity index (χ3v) is 10.4. The number of aliphatic imine (C=N–C) groups is 1. The number of hydrogen-bond acceptors (Lipinski definition) is 9. The van der Waals surface area contributed by atoms with Gasteiger partial charge >= 0.3 is 5.97 Å². The molecule has 0 spiro atoms. The van der Waals surface area contributed by atoms with Crippen molar-refractivity contribution in [3.63, 3.8) is 0 Å². The van der Waals surface area contributed by atoms with E-state index >= 15 is 0 Å². The van der Waals surface area contributed by atoms with Gasteiger partial charge in [0.25, 0.3) is 0 Å². The van der Waals surface area contributed by atoms with Crippen LogP contribution in [0.25, 0.3) is 5.00 Å². The number of nitrogens with one attached hydrogen (secondary N) is 1. The minimum absolute atomic E-state index is 0.0602. The van der Waals surface area contributed by atoms with Crippen LogP contribution in [0.4, 0.5) is 5.69 Å². The summed E-state index contributed by atoms with van der Waals surface area (Å²) in [6.45, 7) is 7.09. The molecule has 6 rings (SSSR count). The van der Waals surface area contributed by atoms with Gasteiger partial charge in [0.15, 0.2) is 5.82 Å². The zero-order valence-electron chi connectivity index (χ0n) is 27.7. The molecule has 1 fully saturated rings. The Morgan fingerprint density at radius 1 is 1.08 bits per heavy atom. The van der Waals surface area contributed by atoms with Gasteiger partial charge in [0.2, 0.25) is 11.8 Å². The van der Waals surface area contributed by atoms with E-state index in [1.807, 2.05) is 35.8 Å². The SMILES string of the molecule is COC(=O)c1ccc(NC(=O)C2CCN(C(=O)C[C@@H]3N=C(c4ccc(Cl)cc4)c4c(sc(C)c4C)-n4c(C)nnc43)CC2)cc1C#CCN. The number of carbonyl (C=O) groups excluding carboxylic acids is 3. The van der Waals surface area contributed by atoms with Crippen molar-refractivity contribution in [2.75, 3.05) is 32.1 Å². The molecule has 1 saturated heterocycles. The smallest absolute Gasteiger partial charge is 0.339 e. The molecule has 0 unspecified atom stereocenters. The highest BCUT2D eigenvalue weighted by Crippen LogP contribution is 2.40. The zero-order chi connectivity index (χ0) is 34.8. The van der Waals surface area contributed by atoms with Crippen LogP contribution in [0.1, 0.15) is 74.4 Å². The fraction of sp³-hybridized carbons (Fsp3) is 0.333. The van der Waals surface area contributed by atoms with E-state index in [1.165, 1.54) is 12.0 Å². The molecule has 252 valence electrons. The van der Waals surface area contributed by atoms with Crippen LogP contribution in [-0.2, 0) is 14.3 Å². The van der Waals surface area contributed by atoms with E-state index in [0.717, 1.165) is 33.2 Å². The maximum Gasteiger partial charge on any atom is 0.339 e. The number of aryl methyl sites for hydroxylation is 2. The summed E-state index contributed by atoms with van der Waals surface area (Å²) in [6, 6.07) is 11.9. The first-order valence-electron chi connectivity index (χ1n) is 16.0. The number of halogens is 1. The summed E-state index contributed by atoms with van der Waals surface area (Å²) in [7, 11) is 1.30. The highest BCUT2D eigenvalue weighted by Gasteiger charge is 2.34. The Morgan fingerprint density at radius 2 is 1.82 bits per heavy atom. The van der Waals surface area contributed by atoms with Gasteiger partial charge in [-0.05, 0) is 69.5 Å². The van der Waals surface area contributed by atoms with E-state index in [-0.39, 0.29) is 30.7 Å². The minimum Gasteiger partial charge on any atom is -0.465 e. The summed E-state index contributed by atoms with van der Waals surface area (Å²) in [5.41, 5.74) is 10.6. The fourth-order valence-corrected chi connectivity index (χ4v) is 7.56. The van der Waals surface area contributed by atoms with Crippen molar-refractivity contribution in [2.24, 2.45) is 16.6 Å². The van der Waals surface area contributed by atoms with Crippen LogP contribution in [0.3, 0.4) is 0 Å². The second-order valence-electron chi connectivity index (χ2n) is 12.0. The van der Waals surface area contributed by atoms with E-state index in [1.54, 1.807) is 34.4 Å². The summed E-state index contributed by atoms with van der Waals surface area (Å²) in [4.78, 5) is 47.5. The molecule has 0 saturated carbocycles. The normalized spacial score (nSPS) is 15.7. The predicted octanol–water partition coefficient (Wildman–Crippen LogP) is 5.16. The molecule has 0 aliphatic carbocycles. The van der Waals surface area contributed by atoms with Crippen molar-refractivity contribution < 1.29 is 19.1 Å². The van der Waals surface area contributed by atoms with Crippen LogP contribution in [0.15, 0.2) is 47.5 Å². The first-order chi connectivity index (χ1) is 23.6. The summed E-state index contributed by atoms with van der Waals surface area (Å²) < 4.78 is 6.88. The Balaban J connectivity index is 1.18.